The van der Waals surface area contributed by atoms with E-state index in [0.717, 1.165) is 18.7 Å². The lowest BCUT2D eigenvalue weighted by Gasteiger charge is -2.09. The standard InChI is InChI=1S/C12H17N5O2S/c1-2-4-10-14-15-12(20-9-11(18)19)17(10)8-7-16-6-3-5-13-16/h3,5-6H,2,4,7-9H2,1H3,(H,18,19). The fraction of sp³-hybridized carbons (Fsp3) is 0.500. The second-order valence-electron chi connectivity index (χ2n) is 4.25. The van der Waals surface area contributed by atoms with Gasteiger partial charge >= 0.3 is 5.97 Å². The second-order valence-corrected chi connectivity index (χ2v) is 5.19. The Labute approximate surface area is 121 Å². The summed E-state index contributed by atoms with van der Waals surface area (Å²) in [5.74, 6) is 0.0349. The summed E-state index contributed by atoms with van der Waals surface area (Å²) in [6.07, 6.45) is 5.44. The predicted octanol–water partition coefficient (Wildman–Crippen LogP) is 1.30. The number of nitrogens with zero attached hydrogens (tertiary/aromatic N) is 5. The van der Waals surface area contributed by atoms with Crippen molar-refractivity contribution in [1.82, 2.24) is 24.5 Å². The fourth-order valence-electron chi connectivity index (χ4n) is 1.82. The van der Waals surface area contributed by atoms with Crippen molar-refractivity contribution in [2.45, 2.75) is 38.0 Å². The molecule has 0 aliphatic heterocycles. The summed E-state index contributed by atoms with van der Waals surface area (Å²) in [6.45, 7) is 3.48. The third-order valence-electron chi connectivity index (χ3n) is 2.70. The van der Waals surface area contributed by atoms with E-state index in [9.17, 15) is 4.79 Å². The first-order valence-corrected chi connectivity index (χ1v) is 7.43. The van der Waals surface area contributed by atoms with Crippen molar-refractivity contribution in [2.75, 3.05) is 5.75 Å². The number of hydrogen-bond acceptors (Lipinski definition) is 5. The van der Waals surface area contributed by atoms with Crippen LogP contribution in [0.15, 0.2) is 23.6 Å². The monoisotopic (exact) mass is 295 g/mol. The molecule has 0 fully saturated rings. The SMILES string of the molecule is CCCc1nnc(SCC(=O)O)n1CCn1cccn1. The van der Waals surface area contributed by atoms with E-state index >= 15 is 0 Å². The number of carbonyl (C=O) groups is 1. The molecule has 2 rings (SSSR count). The molecule has 0 atom stereocenters. The van der Waals surface area contributed by atoms with E-state index < -0.39 is 5.97 Å². The molecule has 2 aromatic heterocycles. The summed E-state index contributed by atoms with van der Waals surface area (Å²) in [4.78, 5) is 10.7. The van der Waals surface area contributed by atoms with Crippen LogP contribution in [-0.4, -0.2) is 41.4 Å². The van der Waals surface area contributed by atoms with Gasteiger partial charge in [0.25, 0.3) is 0 Å². The van der Waals surface area contributed by atoms with Gasteiger partial charge in [0.15, 0.2) is 5.16 Å². The minimum atomic E-state index is -0.853. The van der Waals surface area contributed by atoms with Crippen LogP contribution in [0, 0.1) is 0 Å². The van der Waals surface area contributed by atoms with Crippen LogP contribution >= 0.6 is 11.8 Å². The number of aliphatic carboxylic acids is 1. The largest absolute Gasteiger partial charge is 0.481 e. The summed E-state index contributed by atoms with van der Waals surface area (Å²) >= 11 is 1.20. The third kappa shape index (κ3) is 3.83. The zero-order valence-corrected chi connectivity index (χ0v) is 12.1. The predicted molar refractivity (Wildman–Crippen MR) is 74.6 cm³/mol. The maximum Gasteiger partial charge on any atom is 0.313 e. The number of carboxylic acid groups (broad SMARTS) is 1. The molecule has 0 aliphatic carbocycles. The molecule has 0 saturated carbocycles. The average molecular weight is 295 g/mol. The van der Waals surface area contributed by atoms with E-state index in [1.807, 2.05) is 21.5 Å². The van der Waals surface area contributed by atoms with Crippen molar-refractivity contribution < 1.29 is 9.90 Å². The number of aromatic nitrogens is 5. The van der Waals surface area contributed by atoms with Crippen molar-refractivity contribution in [3.63, 3.8) is 0 Å². The number of hydrogen-bond donors (Lipinski definition) is 1. The number of carboxylic acids is 1. The Morgan fingerprint density at radius 3 is 2.90 bits per heavy atom. The molecule has 1 N–H and O–H groups in total. The van der Waals surface area contributed by atoms with Gasteiger partial charge in [0.1, 0.15) is 5.82 Å². The van der Waals surface area contributed by atoms with Gasteiger partial charge in [-0.25, -0.2) is 0 Å². The van der Waals surface area contributed by atoms with Crippen LogP contribution in [0.4, 0.5) is 0 Å². The molecule has 7 nitrogen and oxygen atoms in total. The molecule has 2 aromatic rings. The molecule has 0 saturated heterocycles. The van der Waals surface area contributed by atoms with E-state index in [-0.39, 0.29) is 5.75 Å². The maximum atomic E-state index is 10.7. The van der Waals surface area contributed by atoms with Crippen LogP contribution in [0.2, 0.25) is 0 Å². The van der Waals surface area contributed by atoms with E-state index in [0.29, 0.717) is 18.2 Å². The van der Waals surface area contributed by atoms with Gasteiger partial charge in [-0.05, 0) is 12.5 Å². The van der Waals surface area contributed by atoms with E-state index in [2.05, 4.69) is 22.2 Å². The van der Waals surface area contributed by atoms with Gasteiger partial charge in [0, 0.05) is 25.4 Å². The van der Waals surface area contributed by atoms with E-state index in [1.54, 1.807) is 6.20 Å². The Kier molecular flexibility index (Phi) is 5.16. The Morgan fingerprint density at radius 2 is 2.25 bits per heavy atom. The Morgan fingerprint density at radius 1 is 1.40 bits per heavy atom. The molecule has 0 spiro atoms. The van der Waals surface area contributed by atoms with Crippen molar-refractivity contribution in [1.29, 1.82) is 0 Å². The van der Waals surface area contributed by atoms with Gasteiger partial charge in [0.2, 0.25) is 0 Å². The van der Waals surface area contributed by atoms with Crippen LogP contribution in [0.1, 0.15) is 19.2 Å². The van der Waals surface area contributed by atoms with E-state index in [1.165, 1.54) is 11.8 Å². The third-order valence-corrected chi connectivity index (χ3v) is 3.66. The Bertz CT molecular complexity index is 552. The molecule has 2 heterocycles. The van der Waals surface area contributed by atoms with Crippen LogP contribution in [-0.2, 0) is 24.3 Å². The highest BCUT2D eigenvalue weighted by Gasteiger charge is 2.13. The van der Waals surface area contributed by atoms with Crippen molar-refractivity contribution in [2.24, 2.45) is 0 Å². The summed E-state index contributed by atoms with van der Waals surface area (Å²) in [5.41, 5.74) is 0. The normalized spacial score (nSPS) is 10.8. The minimum absolute atomic E-state index is 0.00791. The molecule has 108 valence electrons. The van der Waals surface area contributed by atoms with Crippen LogP contribution < -0.4 is 0 Å². The summed E-state index contributed by atoms with van der Waals surface area (Å²) in [5, 5.41) is 21.8. The lowest BCUT2D eigenvalue weighted by atomic mass is 10.3. The molecule has 0 unspecified atom stereocenters. The summed E-state index contributed by atoms with van der Waals surface area (Å²) < 4.78 is 3.82. The number of aryl methyl sites for hydroxylation is 2. The van der Waals surface area contributed by atoms with Gasteiger partial charge in [-0.3, -0.25) is 9.48 Å². The lowest BCUT2D eigenvalue weighted by molar-refractivity contribution is -0.133. The van der Waals surface area contributed by atoms with Crippen molar-refractivity contribution >= 4 is 17.7 Å². The van der Waals surface area contributed by atoms with Crippen LogP contribution in [0.3, 0.4) is 0 Å². The molecule has 0 aromatic carbocycles. The zero-order valence-electron chi connectivity index (χ0n) is 11.3. The molecular formula is C12H17N5O2S. The lowest BCUT2D eigenvalue weighted by Crippen LogP contribution is -2.12. The van der Waals surface area contributed by atoms with Crippen molar-refractivity contribution in [3.05, 3.63) is 24.3 Å². The van der Waals surface area contributed by atoms with Gasteiger partial charge in [-0.1, -0.05) is 18.7 Å². The molecule has 0 aliphatic rings. The van der Waals surface area contributed by atoms with Gasteiger partial charge < -0.3 is 9.67 Å². The van der Waals surface area contributed by atoms with Gasteiger partial charge in [-0.15, -0.1) is 10.2 Å². The van der Waals surface area contributed by atoms with Gasteiger partial charge in [-0.2, -0.15) is 5.10 Å². The smallest absolute Gasteiger partial charge is 0.313 e. The van der Waals surface area contributed by atoms with Crippen LogP contribution in [0.25, 0.3) is 0 Å². The molecule has 0 amide bonds. The molecule has 20 heavy (non-hydrogen) atoms. The minimum Gasteiger partial charge on any atom is -0.481 e. The number of thioether (sulfide) groups is 1. The Hall–Kier alpha value is -1.83. The molecule has 0 radical (unpaired) electrons. The first-order chi connectivity index (χ1) is 9.70. The number of rotatable bonds is 8. The first-order valence-electron chi connectivity index (χ1n) is 6.44. The summed E-state index contributed by atoms with van der Waals surface area (Å²) in [6, 6.07) is 1.87. The second kappa shape index (κ2) is 7.09. The highest BCUT2D eigenvalue weighted by atomic mass is 32.2. The molecule has 8 heteroatoms. The fourth-order valence-corrected chi connectivity index (χ4v) is 2.52. The summed E-state index contributed by atoms with van der Waals surface area (Å²) in [7, 11) is 0. The van der Waals surface area contributed by atoms with Crippen LogP contribution in [0.5, 0.6) is 0 Å². The Balaban J connectivity index is 2.09. The van der Waals surface area contributed by atoms with Gasteiger partial charge in [0.05, 0.1) is 12.3 Å². The highest BCUT2D eigenvalue weighted by Crippen LogP contribution is 2.17. The quantitative estimate of drug-likeness (QED) is 0.739. The topological polar surface area (TPSA) is 85.8 Å². The maximum absolute atomic E-state index is 10.7. The molecule has 0 bridgehead atoms. The highest BCUT2D eigenvalue weighted by molar-refractivity contribution is 7.99. The first kappa shape index (κ1) is 14.6. The molecular weight excluding hydrogens is 278 g/mol. The zero-order chi connectivity index (χ0) is 14.4. The van der Waals surface area contributed by atoms with Crippen molar-refractivity contribution in [3.8, 4) is 0 Å². The average Bonchev–Trinajstić information content (AvgIpc) is 3.04. The van der Waals surface area contributed by atoms with E-state index in [4.69, 9.17) is 5.11 Å².